The van der Waals surface area contributed by atoms with Crippen molar-refractivity contribution in [1.82, 2.24) is 4.90 Å². The number of imide groups is 1. The zero-order valence-electron chi connectivity index (χ0n) is 16.2. The summed E-state index contributed by atoms with van der Waals surface area (Å²) in [4.78, 5) is 38.0. The number of thioether (sulfide) groups is 1. The Labute approximate surface area is 183 Å². The Balaban J connectivity index is 1.54. The van der Waals surface area contributed by atoms with Crippen molar-refractivity contribution in [3.63, 3.8) is 0 Å². The van der Waals surface area contributed by atoms with Crippen molar-refractivity contribution in [3.8, 4) is 0 Å². The topological polar surface area (TPSA) is 127 Å². The first-order chi connectivity index (χ1) is 14.7. The van der Waals surface area contributed by atoms with E-state index in [9.17, 15) is 22.8 Å². The Hall–Kier alpha value is -3.21. The molecular weight excluding hydrogens is 438 g/mol. The summed E-state index contributed by atoms with van der Waals surface area (Å²) in [6.07, 6.45) is 5.00. The fourth-order valence-corrected chi connectivity index (χ4v) is 4.01. The van der Waals surface area contributed by atoms with Crippen molar-refractivity contribution < 1.29 is 22.8 Å². The first-order valence-corrected chi connectivity index (χ1v) is 11.5. The third-order valence-corrected chi connectivity index (χ3v) is 6.09. The molecule has 1 fully saturated rings. The van der Waals surface area contributed by atoms with Crippen molar-refractivity contribution in [1.29, 1.82) is 0 Å². The zero-order chi connectivity index (χ0) is 22.4. The molecule has 10 heteroatoms. The second-order valence-electron chi connectivity index (χ2n) is 6.49. The number of hydrogen-bond acceptors (Lipinski definition) is 6. The van der Waals surface area contributed by atoms with Crippen LogP contribution in [-0.4, -0.2) is 36.9 Å². The summed E-state index contributed by atoms with van der Waals surface area (Å²) in [6, 6.07) is 14.9. The normalized spacial score (nSPS) is 15.8. The molecule has 0 radical (unpaired) electrons. The van der Waals surface area contributed by atoms with Gasteiger partial charge in [0, 0.05) is 18.7 Å². The summed E-state index contributed by atoms with van der Waals surface area (Å²) >= 11 is 0.823. The van der Waals surface area contributed by atoms with E-state index in [1.807, 2.05) is 36.4 Å². The maximum Gasteiger partial charge on any atom is 0.293 e. The molecular formula is C21H19N3O5S2. The van der Waals surface area contributed by atoms with Crippen LogP contribution in [0.4, 0.5) is 10.5 Å². The average Bonchev–Trinajstić information content (AvgIpc) is 3.00. The molecule has 1 aliphatic rings. The second kappa shape index (κ2) is 9.73. The third-order valence-electron chi connectivity index (χ3n) is 4.24. The number of benzene rings is 2. The lowest BCUT2D eigenvalue weighted by atomic mass is 10.2. The predicted molar refractivity (Wildman–Crippen MR) is 119 cm³/mol. The van der Waals surface area contributed by atoms with Crippen molar-refractivity contribution in [2.45, 2.75) is 11.3 Å². The SMILES string of the molecule is NS(=O)(=O)c1ccc(NC(=O)CCN2C(=O)SC(=CC=Cc3ccccc3)C2=O)cc1. The largest absolute Gasteiger partial charge is 0.326 e. The van der Waals surface area contributed by atoms with Gasteiger partial charge < -0.3 is 5.32 Å². The summed E-state index contributed by atoms with van der Waals surface area (Å²) in [6.45, 7) is -0.0640. The van der Waals surface area contributed by atoms with Gasteiger partial charge in [-0.25, -0.2) is 13.6 Å². The van der Waals surface area contributed by atoms with Crippen LogP contribution in [0, 0.1) is 0 Å². The number of amides is 3. The molecule has 3 amide bonds. The van der Waals surface area contributed by atoms with Crippen LogP contribution in [-0.2, 0) is 19.6 Å². The van der Waals surface area contributed by atoms with Gasteiger partial charge in [-0.1, -0.05) is 42.5 Å². The Morgan fingerprint density at radius 2 is 1.74 bits per heavy atom. The molecule has 3 rings (SSSR count). The molecule has 0 saturated carbocycles. The van der Waals surface area contributed by atoms with E-state index in [1.54, 1.807) is 12.2 Å². The Kier molecular flexibility index (Phi) is 7.06. The highest BCUT2D eigenvalue weighted by atomic mass is 32.2. The number of rotatable bonds is 7. The lowest BCUT2D eigenvalue weighted by molar-refractivity contribution is -0.123. The molecule has 0 aliphatic carbocycles. The van der Waals surface area contributed by atoms with Gasteiger partial charge in [-0.3, -0.25) is 19.3 Å². The van der Waals surface area contributed by atoms with Crippen LogP contribution < -0.4 is 10.5 Å². The van der Waals surface area contributed by atoms with Crippen LogP contribution in [0.1, 0.15) is 12.0 Å². The summed E-state index contributed by atoms with van der Waals surface area (Å²) in [5, 5.41) is 7.17. The van der Waals surface area contributed by atoms with Gasteiger partial charge >= 0.3 is 0 Å². The molecule has 8 nitrogen and oxygen atoms in total. The summed E-state index contributed by atoms with van der Waals surface area (Å²) in [5.41, 5.74) is 1.34. The van der Waals surface area contributed by atoms with Gasteiger partial charge in [0.2, 0.25) is 15.9 Å². The molecule has 0 aromatic heterocycles. The maximum absolute atomic E-state index is 12.4. The van der Waals surface area contributed by atoms with E-state index in [0.29, 0.717) is 5.69 Å². The summed E-state index contributed by atoms with van der Waals surface area (Å²) < 4.78 is 22.5. The summed E-state index contributed by atoms with van der Waals surface area (Å²) in [7, 11) is -3.82. The van der Waals surface area contributed by atoms with E-state index in [4.69, 9.17) is 5.14 Å². The number of primary sulfonamides is 1. The third kappa shape index (κ3) is 6.14. The molecule has 31 heavy (non-hydrogen) atoms. The van der Waals surface area contributed by atoms with E-state index in [2.05, 4.69) is 5.32 Å². The molecule has 1 aliphatic heterocycles. The molecule has 0 unspecified atom stereocenters. The van der Waals surface area contributed by atoms with Crippen LogP contribution in [0.5, 0.6) is 0 Å². The first-order valence-electron chi connectivity index (χ1n) is 9.14. The zero-order valence-corrected chi connectivity index (χ0v) is 17.9. The number of carbonyl (C=O) groups excluding carboxylic acids is 3. The number of nitrogens with zero attached hydrogens (tertiary/aromatic N) is 1. The Morgan fingerprint density at radius 1 is 1.06 bits per heavy atom. The molecule has 2 aromatic carbocycles. The van der Waals surface area contributed by atoms with Crippen LogP contribution in [0.3, 0.4) is 0 Å². The van der Waals surface area contributed by atoms with E-state index in [1.165, 1.54) is 24.3 Å². The van der Waals surface area contributed by atoms with E-state index < -0.39 is 27.1 Å². The Morgan fingerprint density at radius 3 is 2.39 bits per heavy atom. The fourth-order valence-electron chi connectivity index (χ4n) is 2.68. The highest BCUT2D eigenvalue weighted by Gasteiger charge is 2.34. The number of anilines is 1. The summed E-state index contributed by atoms with van der Waals surface area (Å²) in [5.74, 6) is -0.867. The number of carbonyl (C=O) groups is 3. The van der Waals surface area contributed by atoms with Crippen LogP contribution >= 0.6 is 11.8 Å². The van der Waals surface area contributed by atoms with E-state index in [0.717, 1.165) is 22.2 Å². The molecule has 0 atom stereocenters. The number of allylic oxidation sites excluding steroid dienone is 2. The van der Waals surface area contributed by atoms with Crippen LogP contribution in [0.25, 0.3) is 6.08 Å². The number of nitrogens with two attached hydrogens (primary N) is 1. The minimum absolute atomic E-state index is 0.0640. The van der Waals surface area contributed by atoms with Crippen LogP contribution in [0.15, 0.2) is 76.5 Å². The molecule has 1 saturated heterocycles. The van der Waals surface area contributed by atoms with E-state index in [-0.39, 0.29) is 22.8 Å². The lowest BCUT2D eigenvalue weighted by Gasteiger charge is -2.12. The van der Waals surface area contributed by atoms with Gasteiger partial charge in [0.1, 0.15) is 0 Å². The fraction of sp³-hybridized carbons (Fsp3) is 0.0952. The van der Waals surface area contributed by atoms with Gasteiger partial charge in [-0.05, 0) is 47.7 Å². The number of sulfonamides is 1. The van der Waals surface area contributed by atoms with Gasteiger partial charge in [-0.2, -0.15) is 0 Å². The average molecular weight is 458 g/mol. The van der Waals surface area contributed by atoms with Gasteiger partial charge in [0.15, 0.2) is 0 Å². The number of hydrogen-bond donors (Lipinski definition) is 2. The van der Waals surface area contributed by atoms with Gasteiger partial charge in [0.25, 0.3) is 11.1 Å². The highest BCUT2D eigenvalue weighted by Crippen LogP contribution is 2.30. The minimum atomic E-state index is -3.82. The first kappa shape index (κ1) is 22.5. The second-order valence-corrected chi connectivity index (χ2v) is 9.05. The predicted octanol–water partition coefficient (Wildman–Crippen LogP) is 2.96. The van der Waals surface area contributed by atoms with Gasteiger partial charge in [0.05, 0.1) is 9.80 Å². The van der Waals surface area contributed by atoms with Crippen molar-refractivity contribution in [2.24, 2.45) is 5.14 Å². The molecule has 160 valence electrons. The Bertz CT molecular complexity index is 1160. The van der Waals surface area contributed by atoms with Crippen molar-refractivity contribution >= 4 is 50.6 Å². The number of nitrogens with one attached hydrogen (secondary N) is 1. The van der Waals surface area contributed by atoms with Crippen molar-refractivity contribution in [2.75, 3.05) is 11.9 Å². The standard InChI is InChI=1S/C21H19N3O5S2/c22-31(28,29)17-11-9-16(10-12-17)23-19(25)13-14-24-20(26)18(30-21(24)27)8-4-7-15-5-2-1-3-6-15/h1-12H,13-14H2,(H,23,25)(H2,22,28,29). The quantitative estimate of drug-likeness (QED) is 0.616. The molecule has 0 spiro atoms. The maximum atomic E-state index is 12.4. The van der Waals surface area contributed by atoms with Gasteiger partial charge in [-0.15, -0.1) is 0 Å². The smallest absolute Gasteiger partial charge is 0.293 e. The van der Waals surface area contributed by atoms with Crippen molar-refractivity contribution in [3.05, 3.63) is 77.2 Å². The lowest BCUT2D eigenvalue weighted by Crippen LogP contribution is -2.31. The molecule has 2 aromatic rings. The van der Waals surface area contributed by atoms with E-state index >= 15 is 0 Å². The van der Waals surface area contributed by atoms with Crippen LogP contribution in [0.2, 0.25) is 0 Å². The monoisotopic (exact) mass is 457 g/mol. The molecule has 3 N–H and O–H groups in total. The molecule has 0 bridgehead atoms. The molecule has 1 heterocycles. The minimum Gasteiger partial charge on any atom is -0.326 e. The highest BCUT2D eigenvalue weighted by molar-refractivity contribution is 8.18.